The first kappa shape index (κ1) is 25.9. The number of carbonyl (C=O) groups is 2. The molecule has 0 radical (unpaired) electrons. The van der Waals surface area contributed by atoms with E-state index in [1.54, 1.807) is 6.07 Å². The van der Waals surface area contributed by atoms with Gasteiger partial charge in [-0.15, -0.1) is 0 Å². The number of aromatic nitrogens is 1. The van der Waals surface area contributed by atoms with Crippen molar-refractivity contribution in [1.82, 2.24) is 15.2 Å². The van der Waals surface area contributed by atoms with E-state index >= 15 is 0 Å². The van der Waals surface area contributed by atoms with Gasteiger partial charge in [-0.3, -0.25) is 4.79 Å². The van der Waals surface area contributed by atoms with E-state index in [9.17, 15) is 14.7 Å². The highest BCUT2D eigenvalue weighted by molar-refractivity contribution is 5.97. The number of hydrogen-bond donors (Lipinski definition) is 3. The SMILES string of the molecule is O=C(N[C@@H](CCN1CC[C@@H](CCc2ccc3c(n2)NCCC3)C1)C(=O)O)c1cccc(-c2ccccc2)c1. The number of benzene rings is 2. The van der Waals surface area contributed by atoms with Crippen LogP contribution in [0, 0.1) is 5.92 Å². The summed E-state index contributed by atoms with van der Waals surface area (Å²) in [5.74, 6) is 0.275. The zero-order valence-electron chi connectivity index (χ0n) is 21.7. The molecule has 5 rings (SSSR count). The van der Waals surface area contributed by atoms with E-state index in [0.29, 0.717) is 24.4 Å². The van der Waals surface area contributed by atoms with E-state index < -0.39 is 12.0 Å². The number of anilines is 1. The fourth-order valence-corrected chi connectivity index (χ4v) is 5.49. The molecule has 3 N–H and O–H groups in total. The highest BCUT2D eigenvalue weighted by atomic mass is 16.4. The molecule has 0 aliphatic carbocycles. The average Bonchev–Trinajstić information content (AvgIpc) is 3.42. The van der Waals surface area contributed by atoms with Crippen LogP contribution in [0.1, 0.15) is 47.3 Å². The maximum Gasteiger partial charge on any atom is 0.326 e. The lowest BCUT2D eigenvalue weighted by Gasteiger charge is -2.20. The predicted molar refractivity (Wildman–Crippen MR) is 149 cm³/mol. The lowest BCUT2D eigenvalue weighted by atomic mass is 10.00. The Morgan fingerprint density at radius 1 is 1.08 bits per heavy atom. The molecule has 2 aliphatic heterocycles. The molecule has 38 heavy (non-hydrogen) atoms. The molecule has 1 amide bonds. The van der Waals surface area contributed by atoms with Crippen LogP contribution in [-0.4, -0.2) is 59.1 Å². The minimum atomic E-state index is -1.000. The van der Waals surface area contributed by atoms with E-state index in [1.165, 1.54) is 12.0 Å². The molecule has 0 spiro atoms. The Morgan fingerprint density at radius 3 is 2.76 bits per heavy atom. The molecule has 7 nitrogen and oxygen atoms in total. The minimum absolute atomic E-state index is 0.360. The number of fused-ring (bicyclic) bond motifs is 1. The van der Waals surface area contributed by atoms with Gasteiger partial charge in [0.05, 0.1) is 0 Å². The molecule has 198 valence electrons. The quantitative estimate of drug-likeness (QED) is 0.367. The number of hydrogen-bond acceptors (Lipinski definition) is 5. The summed E-state index contributed by atoms with van der Waals surface area (Å²) in [5.41, 5.74) is 4.86. The second-order valence-electron chi connectivity index (χ2n) is 10.4. The van der Waals surface area contributed by atoms with Crippen molar-refractivity contribution in [3.05, 3.63) is 83.6 Å². The van der Waals surface area contributed by atoms with E-state index in [0.717, 1.165) is 68.0 Å². The second-order valence-corrected chi connectivity index (χ2v) is 10.4. The van der Waals surface area contributed by atoms with E-state index in [2.05, 4.69) is 27.7 Å². The van der Waals surface area contributed by atoms with Crippen LogP contribution in [0.4, 0.5) is 5.82 Å². The molecular formula is C31H36N4O3. The van der Waals surface area contributed by atoms with Crippen molar-refractivity contribution >= 4 is 17.7 Å². The van der Waals surface area contributed by atoms with E-state index in [4.69, 9.17) is 4.98 Å². The molecule has 2 atom stereocenters. The average molecular weight is 513 g/mol. The molecule has 3 aromatic rings. The predicted octanol–water partition coefficient (Wildman–Crippen LogP) is 4.63. The van der Waals surface area contributed by atoms with Crippen molar-refractivity contribution < 1.29 is 14.7 Å². The lowest BCUT2D eigenvalue weighted by molar-refractivity contribution is -0.139. The van der Waals surface area contributed by atoms with Crippen molar-refractivity contribution in [2.24, 2.45) is 5.92 Å². The minimum Gasteiger partial charge on any atom is -0.480 e. The third-order valence-electron chi connectivity index (χ3n) is 7.70. The first-order valence-electron chi connectivity index (χ1n) is 13.7. The number of aryl methyl sites for hydroxylation is 2. The Bertz CT molecular complexity index is 1260. The summed E-state index contributed by atoms with van der Waals surface area (Å²) in [4.78, 5) is 32.0. The molecule has 0 unspecified atom stereocenters. The number of rotatable bonds is 10. The van der Waals surface area contributed by atoms with Crippen LogP contribution in [0.2, 0.25) is 0 Å². The van der Waals surface area contributed by atoms with Gasteiger partial charge in [0, 0.05) is 30.9 Å². The summed E-state index contributed by atoms with van der Waals surface area (Å²) >= 11 is 0. The zero-order valence-corrected chi connectivity index (χ0v) is 21.7. The molecule has 2 aromatic carbocycles. The van der Waals surface area contributed by atoms with Crippen LogP contribution in [0.25, 0.3) is 11.1 Å². The monoisotopic (exact) mass is 512 g/mol. The van der Waals surface area contributed by atoms with Crippen LogP contribution in [-0.2, 0) is 17.6 Å². The van der Waals surface area contributed by atoms with Crippen molar-refractivity contribution in [2.45, 2.75) is 44.6 Å². The Labute approximate surface area is 224 Å². The lowest BCUT2D eigenvalue weighted by Crippen LogP contribution is -2.43. The van der Waals surface area contributed by atoms with Gasteiger partial charge in [0.25, 0.3) is 5.91 Å². The van der Waals surface area contributed by atoms with Gasteiger partial charge in [-0.1, -0.05) is 48.5 Å². The summed E-state index contributed by atoms with van der Waals surface area (Å²) in [5, 5.41) is 15.9. The van der Waals surface area contributed by atoms with Gasteiger partial charge in [0.1, 0.15) is 11.9 Å². The maximum absolute atomic E-state index is 12.9. The molecule has 1 fully saturated rings. The molecule has 7 heteroatoms. The smallest absolute Gasteiger partial charge is 0.326 e. The molecular weight excluding hydrogens is 476 g/mol. The highest BCUT2D eigenvalue weighted by Gasteiger charge is 2.26. The van der Waals surface area contributed by atoms with Gasteiger partial charge < -0.3 is 20.6 Å². The topological polar surface area (TPSA) is 94.6 Å². The Balaban J connectivity index is 1.10. The fraction of sp³-hybridized carbons (Fsp3) is 0.387. The number of nitrogens with zero attached hydrogens (tertiary/aromatic N) is 2. The summed E-state index contributed by atoms with van der Waals surface area (Å²) < 4.78 is 0. The number of carboxylic acids is 1. The first-order chi connectivity index (χ1) is 18.5. The number of likely N-dealkylation sites (tertiary alicyclic amines) is 1. The van der Waals surface area contributed by atoms with Crippen LogP contribution in [0.5, 0.6) is 0 Å². The number of nitrogens with one attached hydrogen (secondary N) is 2. The third kappa shape index (κ3) is 6.58. The summed E-state index contributed by atoms with van der Waals surface area (Å²) in [6.07, 6.45) is 5.80. The van der Waals surface area contributed by atoms with Crippen LogP contribution < -0.4 is 10.6 Å². The largest absolute Gasteiger partial charge is 0.480 e. The molecule has 2 aliphatic rings. The van der Waals surface area contributed by atoms with Gasteiger partial charge >= 0.3 is 5.97 Å². The number of pyridine rings is 1. The van der Waals surface area contributed by atoms with Crippen molar-refractivity contribution in [2.75, 3.05) is 31.5 Å². The van der Waals surface area contributed by atoms with Crippen molar-refractivity contribution in [3.8, 4) is 11.1 Å². The van der Waals surface area contributed by atoms with Crippen molar-refractivity contribution in [3.63, 3.8) is 0 Å². The molecule has 3 heterocycles. The van der Waals surface area contributed by atoms with Crippen molar-refractivity contribution in [1.29, 1.82) is 0 Å². The Kier molecular flexibility index (Phi) is 8.34. The summed E-state index contributed by atoms with van der Waals surface area (Å²) in [6, 6.07) is 20.6. The van der Waals surface area contributed by atoms with Gasteiger partial charge in [0.2, 0.25) is 0 Å². The van der Waals surface area contributed by atoms with Crippen LogP contribution in [0.15, 0.2) is 66.7 Å². The number of amides is 1. The summed E-state index contributed by atoms with van der Waals surface area (Å²) in [6.45, 7) is 3.57. The maximum atomic E-state index is 12.9. The second kappa shape index (κ2) is 12.2. The van der Waals surface area contributed by atoms with E-state index in [1.807, 2.05) is 48.5 Å². The molecule has 1 aromatic heterocycles. The van der Waals surface area contributed by atoms with Crippen LogP contribution >= 0.6 is 0 Å². The molecule has 0 saturated carbocycles. The number of carboxylic acid groups (broad SMARTS) is 1. The van der Waals surface area contributed by atoms with Gasteiger partial charge in [-0.2, -0.15) is 0 Å². The number of aliphatic carboxylic acids is 1. The van der Waals surface area contributed by atoms with Crippen LogP contribution in [0.3, 0.4) is 0 Å². The Hall–Kier alpha value is -3.71. The first-order valence-corrected chi connectivity index (χ1v) is 13.7. The highest BCUT2D eigenvalue weighted by Crippen LogP contribution is 2.24. The molecule has 1 saturated heterocycles. The standard InChI is InChI=1S/C31H36N4O3/c36-30(26-9-4-8-25(20-26)23-6-2-1-3-7-23)34-28(31(37)38)16-19-35-18-15-22(21-35)11-13-27-14-12-24-10-5-17-32-29(24)33-27/h1-4,6-9,12,14,20,22,28H,5,10-11,13,15-19,21H2,(H,32,33)(H,34,36)(H,37,38)/t22-,28+/m1/s1. The van der Waals surface area contributed by atoms with Gasteiger partial charge in [-0.25, -0.2) is 9.78 Å². The zero-order chi connectivity index (χ0) is 26.3. The third-order valence-corrected chi connectivity index (χ3v) is 7.70. The normalized spacial score (nSPS) is 17.8. The van der Waals surface area contributed by atoms with Gasteiger partial charge in [0.15, 0.2) is 0 Å². The van der Waals surface area contributed by atoms with E-state index in [-0.39, 0.29) is 5.91 Å². The summed E-state index contributed by atoms with van der Waals surface area (Å²) in [7, 11) is 0. The van der Waals surface area contributed by atoms with Gasteiger partial charge in [-0.05, 0) is 85.9 Å². The number of carbonyl (C=O) groups excluding carboxylic acids is 1. The Morgan fingerprint density at radius 2 is 1.92 bits per heavy atom. The molecule has 0 bridgehead atoms. The fourth-order valence-electron chi connectivity index (χ4n) is 5.49.